The smallest absolute Gasteiger partial charge is 0.264 e. The van der Waals surface area contributed by atoms with Crippen molar-refractivity contribution in [3.05, 3.63) is 57.9 Å². The molecule has 0 N–H and O–H groups in total. The molecule has 2 aliphatic rings. The normalized spacial score (nSPS) is 16.8. The molecular formula is C21H22ClFN2O3S. The first-order chi connectivity index (χ1) is 13.8. The number of halogens is 2. The Labute approximate surface area is 175 Å². The summed E-state index contributed by atoms with van der Waals surface area (Å²) in [7, 11) is -3.99. The highest BCUT2D eigenvalue weighted by Crippen LogP contribution is 2.38. The van der Waals surface area contributed by atoms with Crippen LogP contribution in [-0.4, -0.2) is 38.9 Å². The van der Waals surface area contributed by atoms with Gasteiger partial charge in [0, 0.05) is 24.7 Å². The number of sulfonamides is 1. The number of benzene rings is 2. The fourth-order valence-electron chi connectivity index (χ4n) is 4.09. The first-order valence-corrected chi connectivity index (χ1v) is 11.5. The molecule has 5 nitrogen and oxygen atoms in total. The third-order valence-electron chi connectivity index (χ3n) is 5.66. The number of carbonyl (C=O) groups is 1. The lowest BCUT2D eigenvalue weighted by Gasteiger charge is -2.32. The first kappa shape index (κ1) is 20.2. The first-order valence-electron chi connectivity index (χ1n) is 9.70. The summed E-state index contributed by atoms with van der Waals surface area (Å²) in [5, 5.41) is 0.489. The minimum atomic E-state index is -3.99. The second kappa shape index (κ2) is 7.61. The van der Waals surface area contributed by atoms with E-state index < -0.39 is 21.7 Å². The van der Waals surface area contributed by atoms with Gasteiger partial charge in [-0.05, 0) is 68.0 Å². The Balaban J connectivity index is 1.72. The van der Waals surface area contributed by atoms with Gasteiger partial charge in [0.25, 0.3) is 15.9 Å². The zero-order chi connectivity index (χ0) is 20.8. The Morgan fingerprint density at radius 1 is 1.07 bits per heavy atom. The van der Waals surface area contributed by atoms with Crippen molar-refractivity contribution in [1.82, 2.24) is 4.90 Å². The summed E-state index contributed by atoms with van der Waals surface area (Å²) in [6.45, 7) is 3.28. The number of aryl methyl sites for hydroxylation is 1. The number of hydrogen-bond donors (Lipinski definition) is 0. The number of anilines is 1. The zero-order valence-corrected chi connectivity index (χ0v) is 17.7. The fraction of sp³-hybridized carbons (Fsp3) is 0.381. The Morgan fingerprint density at radius 2 is 1.79 bits per heavy atom. The molecule has 2 aromatic carbocycles. The van der Waals surface area contributed by atoms with Crippen LogP contribution in [0.4, 0.5) is 10.1 Å². The molecule has 8 heteroatoms. The maximum atomic E-state index is 14.7. The van der Waals surface area contributed by atoms with E-state index in [-0.39, 0.29) is 10.5 Å². The minimum absolute atomic E-state index is 0.0934. The van der Waals surface area contributed by atoms with E-state index in [4.69, 9.17) is 11.6 Å². The Kier molecular flexibility index (Phi) is 5.29. The second-order valence-electron chi connectivity index (χ2n) is 7.50. The number of fused-ring (bicyclic) bond motifs is 1. The van der Waals surface area contributed by atoms with Gasteiger partial charge in [-0.1, -0.05) is 17.7 Å². The quantitative estimate of drug-likeness (QED) is 0.725. The Hall–Kier alpha value is -2.12. The van der Waals surface area contributed by atoms with Crippen molar-refractivity contribution in [2.45, 2.75) is 37.5 Å². The molecule has 0 bridgehead atoms. The van der Waals surface area contributed by atoms with Gasteiger partial charge in [0.05, 0.1) is 16.1 Å². The number of hydrogen-bond acceptors (Lipinski definition) is 3. The van der Waals surface area contributed by atoms with Crippen molar-refractivity contribution in [3.8, 4) is 0 Å². The van der Waals surface area contributed by atoms with E-state index in [1.54, 1.807) is 17.9 Å². The van der Waals surface area contributed by atoms with E-state index in [1.165, 1.54) is 16.4 Å². The van der Waals surface area contributed by atoms with Gasteiger partial charge in [-0.25, -0.2) is 12.8 Å². The molecular weight excluding hydrogens is 415 g/mol. The van der Waals surface area contributed by atoms with Crippen molar-refractivity contribution in [2.75, 3.05) is 23.9 Å². The highest BCUT2D eigenvalue weighted by Gasteiger charge is 2.32. The zero-order valence-electron chi connectivity index (χ0n) is 16.1. The van der Waals surface area contributed by atoms with Crippen LogP contribution in [0.5, 0.6) is 0 Å². The van der Waals surface area contributed by atoms with Gasteiger partial charge in [-0.15, -0.1) is 0 Å². The minimum Gasteiger partial charge on any atom is -0.339 e. The highest BCUT2D eigenvalue weighted by molar-refractivity contribution is 7.92. The number of rotatable bonds is 3. The number of likely N-dealkylation sites (tertiary alicyclic amines) is 1. The average molecular weight is 437 g/mol. The predicted octanol–water partition coefficient (Wildman–Crippen LogP) is 4.17. The molecule has 154 valence electrons. The van der Waals surface area contributed by atoms with Crippen LogP contribution in [0.25, 0.3) is 0 Å². The lowest BCUT2D eigenvalue weighted by molar-refractivity contribution is 0.0788. The maximum absolute atomic E-state index is 14.7. The maximum Gasteiger partial charge on any atom is 0.264 e. The van der Waals surface area contributed by atoms with Gasteiger partial charge in [-0.3, -0.25) is 9.10 Å². The van der Waals surface area contributed by atoms with Crippen molar-refractivity contribution in [1.29, 1.82) is 0 Å². The number of nitrogens with zero attached hydrogens (tertiary/aromatic N) is 2. The van der Waals surface area contributed by atoms with Gasteiger partial charge in [-0.2, -0.15) is 0 Å². The predicted molar refractivity (Wildman–Crippen MR) is 111 cm³/mol. The SMILES string of the molecule is Cc1c(Cl)ccc2c1N(S(=O)(=O)c1ccc(C(=O)N3CCCC3)c(F)c1)CCC2. The standard InChI is InChI=1S/C21H22ClFN2O3S/c1-14-18(22)9-6-15-5-4-12-25(20(14)15)29(27,28)16-7-8-17(19(23)13-16)21(26)24-10-2-3-11-24/h6-9,13H,2-5,10-12H2,1H3. The summed E-state index contributed by atoms with van der Waals surface area (Å²) in [4.78, 5) is 13.9. The molecule has 0 spiro atoms. The van der Waals surface area contributed by atoms with Gasteiger partial charge in [0.2, 0.25) is 0 Å². The summed E-state index contributed by atoms with van der Waals surface area (Å²) in [6, 6.07) is 7.15. The molecule has 0 saturated carbocycles. The van der Waals surface area contributed by atoms with Gasteiger partial charge >= 0.3 is 0 Å². The van der Waals surface area contributed by atoms with E-state index in [1.807, 2.05) is 6.07 Å². The third-order valence-corrected chi connectivity index (χ3v) is 7.86. The van der Waals surface area contributed by atoms with Crippen LogP contribution in [0, 0.1) is 12.7 Å². The van der Waals surface area contributed by atoms with Crippen LogP contribution in [0.15, 0.2) is 35.2 Å². The Bertz CT molecular complexity index is 1080. The number of carbonyl (C=O) groups excluding carboxylic acids is 1. The molecule has 0 aromatic heterocycles. The molecule has 1 fully saturated rings. The van der Waals surface area contributed by atoms with E-state index in [9.17, 15) is 17.6 Å². The van der Waals surface area contributed by atoms with Crippen molar-refractivity contribution in [2.24, 2.45) is 0 Å². The molecule has 4 rings (SSSR count). The van der Waals surface area contributed by atoms with Crippen LogP contribution in [0.2, 0.25) is 5.02 Å². The molecule has 0 radical (unpaired) electrons. The van der Waals surface area contributed by atoms with Gasteiger partial charge in [0.15, 0.2) is 0 Å². The summed E-state index contributed by atoms with van der Waals surface area (Å²) < 4.78 is 42.7. The van der Waals surface area contributed by atoms with Crippen LogP contribution in [-0.2, 0) is 16.4 Å². The topological polar surface area (TPSA) is 57.7 Å². The van der Waals surface area contributed by atoms with E-state index in [0.29, 0.717) is 42.3 Å². The second-order valence-corrected chi connectivity index (χ2v) is 9.77. The summed E-state index contributed by atoms with van der Waals surface area (Å²) in [6.07, 6.45) is 3.23. The summed E-state index contributed by atoms with van der Waals surface area (Å²) in [5.41, 5.74) is 2.07. The van der Waals surface area contributed by atoms with Crippen LogP contribution >= 0.6 is 11.6 Å². The van der Waals surface area contributed by atoms with E-state index in [0.717, 1.165) is 30.9 Å². The van der Waals surface area contributed by atoms with E-state index >= 15 is 0 Å². The molecule has 2 heterocycles. The van der Waals surface area contributed by atoms with Crippen molar-refractivity contribution >= 4 is 33.2 Å². The van der Waals surface area contributed by atoms with E-state index in [2.05, 4.69) is 0 Å². The van der Waals surface area contributed by atoms with Gasteiger partial charge < -0.3 is 4.90 Å². The molecule has 29 heavy (non-hydrogen) atoms. The number of amides is 1. The van der Waals surface area contributed by atoms with Crippen LogP contribution < -0.4 is 4.31 Å². The average Bonchev–Trinajstić information content (AvgIpc) is 3.24. The van der Waals surface area contributed by atoms with Crippen molar-refractivity contribution < 1.29 is 17.6 Å². The van der Waals surface area contributed by atoms with Crippen LogP contribution in [0.1, 0.15) is 40.7 Å². The lowest BCUT2D eigenvalue weighted by Crippen LogP contribution is -2.36. The van der Waals surface area contributed by atoms with Crippen LogP contribution in [0.3, 0.4) is 0 Å². The fourth-order valence-corrected chi connectivity index (χ4v) is 5.86. The van der Waals surface area contributed by atoms with Crippen molar-refractivity contribution in [3.63, 3.8) is 0 Å². The third kappa shape index (κ3) is 3.51. The summed E-state index contributed by atoms with van der Waals surface area (Å²) in [5.74, 6) is -1.21. The molecule has 0 unspecified atom stereocenters. The lowest BCUT2D eigenvalue weighted by atomic mass is 10.0. The highest BCUT2D eigenvalue weighted by atomic mass is 35.5. The molecule has 0 atom stereocenters. The largest absolute Gasteiger partial charge is 0.339 e. The molecule has 1 amide bonds. The monoisotopic (exact) mass is 436 g/mol. The molecule has 1 saturated heterocycles. The molecule has 2 aliphatic heterocycles. The molecule has 2 aromatic rings. The van der Waals surface area contributed by atoms with Gasteiger partial charge in [0.1, 0.15) is 5.82 Å². The Morgan fingerprint density at radius 3 is 2.48 bits per heavy atom. The molecule has 0 aliphatic carbocycles. The summed E-state index contributed by atoms with van der Waals surface area (Å²) >= 11 is 6.23.